The van der Waals surface area contributed by atoms with Gasteiger partial charge in [-0.1, -0.05) is 55.8 Å². The minimum Gasteiger partial charge on any atom is -0.496 e. The lowest BCUT2D eigenvalue weighted by Gasteiger charge is -2.63. The van der Waals surface area contributed by atoms with E-state index in [1.807, 2.05) is 79.2 Å². The van der Waals surface area contributed by atoms with Crippen molar-refractivity contribution in [3.8, 4) is 5.75 Å². The number of hydrogen-bond acceptors (Lipinski definition) is 15. The van der Waals surface area contributed by atoms with E-state index in [2.05, 4.69) is 16.0 Å². The number of rotatable bonds is 9. The summed E-state index contributed by atoms with van der Waals surface area (Å²) in [6.07, 6.45) is 6.57. The molecule has 1 aliphatic carbocycles. The lowest BCUT2D eigenvalue weighted by atomic mass is 9.47. The Labute approximate surface area is 390 Å². The molecule has 6 aliphatic rings. The second-order valence-corrected chi connectivity index (χ2v) is 19.2. The maximum atomic E-state index is 15.7. The summed E-state index contributed by atoms with van der Waals surface area (Å²) in [7, 11) is 8.58. The minimum absolute atomic E-state index is 0.00896. The lowest BCUT2D eigenvalue weighted by Crippen LogP contribution is -2.81. The van der Waals surface area contributed by atoms with Crippen LogP contribution in [0.15, 0.2) is 60.2 Å². The van der Waals surface area contributed by atoms with E-state index >= 15 is 4.79 Å². The fourth-order valence-electron chi connectivity index (χ4n) is 14.1. The third-order valence-corrected chi connectivity index (χ3v) is 16.5. The van der Waals surface area contributed by atoms with E-state index in [1.54, 1.807) is 7.11 Å². The topological polar surface area (TPSA) is 186 Å². The maximum Gasteiger partial charge on any atom is 0.344 e. The second kappa shape index (κ2) is 16.8. The molecule has 9 rings (SSSR count). The van der Waals surface area contributed by atoms with Gasteiger partial charge < -0.3 is 43.4 Å². The summed E-state index contributed by atoms with van der Waals surface area (Å²) in [5.41, 5.74) is -1.37. The number of likely N-dealkylation sites (N-methyl/N-ethyl adjacent to an activating group) is 1. The van der Waals surface area contributed by atoms with Crippen LogP contribution in [0.1, 0.15) is 68.8 Å². The van der Waals surface area contributed by atoms with Crippen LogP contribution in [-0.4, -0.2) is 148 Å². The van der Waals surface area contributed by atoms with Crippen molar-refractivity contribution in [2.24, 2.45) is 17.3 Å². The molecule has 16 heteroatoms. The summed E-state index contributed by atoms with van der Waals surface area (Å²) >= 11 is 0. The highest BCUT2D eigenvalue weighted by Gasteiger charge is 2.80. The number of nitrogens with zero attached hydrogens (tertiary/aromatic N) is 3. The van der Waals surface area contributed by atoms with Crippen LogP contribution in [0.25, 0.3) is 10.9 Å². The molecule has 358 valence electrons. The van der Waals surface area contributed by atoms with Crippen molar-refractivity contribution in [3.63, 3.8) is 0 Å². The SMILES string of the molecule is CCC1=C[C@@H]2CN(C1)[C@H](C(=O)OC)[C@H](C(=O)OC)Cc1c([nH]c3ccccc13)[C@@](C(=O)OC)(c1cc3c(cc1OC)N(C)C1[C@]34CCN3CC=C[C@@](CC)([C@@H](OC(C)=O)[C@]1(O)C(=O)OC)[C@H]34)C2. The monoisotopic (exact) mass is 922 g/mol. The van der Waals surface area contributed by atoms with Gasteiger partial charge in [-0.25, -0.2) is 4.79 Å². The van der Waals surface area contributed by atoms with Crippen molar-refractivity contribution >= 4 is 46.4 Å². The number of aromatic amines is 1. The van der Waals surface area contributed by atoms with Gasteiger partial charge in [-0.2, -0.15) is 0 Å². The van der Waals surface area contributed by atoms with Crippen molar-refractivity contribution in [3.05, 3.63) is 82.6 Å². The first-order chi connectivity index (χ1) is 32.1. The number of esters is 5. The Balaban J connectivity index is 1.39. The van der Waals surface area contributed by atoms with Gasteiger partial charge in [0, 0.05) is 84.4 Å². The number of H-pyrrole nitrogens is 1. The van der Waals surface area contributed by atoms with Crippen LogP contribution >= 0.6 is 0 Å². The Morgan fingerprint density at radius 2 is 1.63 bits per heavy atom. The first-order valence-corrected chi connectivity index (χ1v) is 23.2. The van der Waals surface area contributed by atoms with Gasteiger partial charge in [-0.05, 0) is 67.8 Å². The first-order valence-electron chi connectivity index (χ1n) is 23.2. The van der Waals surface area contributed by atoms with E-state index in [1.165, 1.54) is 35.4 Å². The number of carbonyl (C=O) groups excluding carboxylic acids is 5. The average molecular weight is 923 g/mol. The maximum absolute atomic E-state index is 15.7. The third kappa shape index (κ3) is 6.30. The van der Waals surface area contributed by atoms with Crippen LogP contribution < -0.4 is 9.64 Å². The minimum atomic E-state index is -2.38. The highest BCUT2D eigenvalue weighted by atomic mass is 16.6. The van der Waals surface area contributed by atoms with E-state index in [4.69, 9.17) is 28.4 Å². The van der Waals surface area contributed by atoms with Crippen LogP contribution in [0.2, 0.25) is 0 Å². The Morgan fingerprint density at radius 1 is 0.896 bits per heavy atom. The first kappa shape index (κ1) is 46.4. The average Bonchev–Trinajstić information content (AvgIpc) is 3.99. The Hall–Kier alpha value is -5.71. The molecule has 1 saturated carbocycles. The highest BCUT2D eigenvalue weighted by Crippen LogP contribution is 2.68. The number of anilines is 1. The third-order valence-electron chi connectivity index (χ3n) is 16.5. The molecular weight excluding hydrogens is 861 g/mol. The molecule has 2 aromatic carbocycles. The zero-order chi connectivity index (χ0) is 48.0. The molecule has 5 aliphatic heterocycles. The molecule has 1 aromatic heterocycles. The number of aromatic nitrogens is 1. The molecule has 3 aromatic rings. The van der Waals surface area contributed by atoms with Crippen molar-refractivity contribution in [2.45, 2.75) is 93.5 Å². The number of fused-ring (bicyclic) bond motifs is 6. The normalized spacial score (nSPS) is 33.9. The van der Waals surface area contributed by atoms with E-state index in [0.29, 0.717) is 79.2 Å². The highest BCUT2D eigenvalue weighted by molar-refractivity contribution is 5.96. The molecule has 2 N–H and O–H groups in total. The predicted octanol–water partition coefficient (Wildman–Crippen LogP) is 4.13. The Kier molecular flexibility index (Phi) is 11.6. The molecule has 2 unspecified atom stereocenters. The zero-order valence-corrected chi connectivity index (χ0v) is 39.8. The summed E-state index contributed by atoms with van der Waals surface area (Å²) in [5.74, 6) is -4.41. The molecule has 2 bridgehead atoms. The van der Waals surface area contributed by atoms with Gasteiger partial charge in [0.2, 0.25) is 5.60 Å². The number of para-hydroxylation sites is 1. The molecule has 1 saturated heterocycles. The summed E-state index contributed by atoms with van der Waals surface area (Å²) in [6.45, 7) is 7.18. The van der Waals surface area contributed by atoms with Crippen molar-refractivity contribution in [1.29, 1.82) is 0 Å². The zero-order valence-electron chi connectivity index (χ0n) is 39.8. The van der Waals surface area contributed by atoms with Crippen molar-refractivity contribution in [2.75, 3.05) is 73.7 Å². The number of ether oxygens (including phenoxy) is 6. The van der Waals surface area contributed by atoms with Crippen LogP contribution in [0.3, 0.4) is 0 Å². The van der Waals surface area contributed by atoms with E-state index in [0.717, 1.165) is 16.5 Å². The summed E-state index contributed by atoms with van der Waals surface area (Å²) in [4.78, 5) is 81.5. The quantitative estimate of drug-likeness (QED) is 0.177. The number of hydrogen-bond donors (Lipinski definition) is 2. The van der Waals surface area contributed by atoms with Crippen LogP contribution in [0.4, 0.5) is 5.69 Å². The van der Waals surface area contributed by atoms with Gasteiger partial charge in [0.1, 0.15) is 17.2 Å². The van der Waals surface area contributed by atoms with Crippen molar-refractivity contribution in [1.82, 2.24) is 14.8 Å². The molecule has 0 radical (unpaired) electrons. The number of aliphatic hydroxyl groups is 1. The fraction of sp³-hybridized carbons (Fsp3) is 0.549. The summed E-state index contributed by atoms with van der Waals surface area (Å²) in [6, 6.07) is 9.11. The largest absolute Gasteiger partial charge is 0.496 e. The molecular formula is C51H62N4O12. The molecule has 16 nitrogen and oxygen atoms in total. The van der Waals surface area contributed by atoms with Crippen LogP contribution in [0.5, 0.6) is 5.75 Å². The Morgan fingerprint density at radius 3 is 2.28 bits per heavy atom. The summed E-state index contributed by atoms with van der Waals surface area (Å²) in [5, 5.41) is 14.2. The Bertz CT molecular complexity index is 2610. The fourth-order valence-corrected chi connectivity index (χ4v) is 14.1. The molecule has 6 heterocycles. The van der Waals surface area contributed by atoms with Crippen LogP contribution in [-0.2, 0) is 64.9 Å². The molecule has 11 atom stereocenters. The van der Waals surface area contributed by atoms with Gasteiger partial charge in [0.25, 0.3) is 0 Å². The molecule has 0 amide bonds. The lowest BCUT2D eigenvalue weighted by molar-refractivity contribution is -0.228. The number of methoxy groups -OCH3 is 5. The number of nitrogens with one attached hydrogen (secondary N) is 1. The second-order valence-electron chi connectivity index (χ2n) is 19.2. The van der Waals surface area contributed by atoms with Crippen LogP contribution in [0, 0.1) is 17.3 Å². The van der Waals surface area contributed by atoms with Gasteiger partial charge in [-0.3, -0.25) is 29.0 Å². The van der Waals surface area contributed by atoms with Gasteiger partial charge >= 0.3 is 29.8 Å². The molecule has 2 fully saturated rings. The van der Waals surface area contributed by atoms with E-state index < -0.39 is 75.8 Å². The van der Waals surface area contributed by atoms with E-state index in [9.17, 15) is 24.3 Å². The summed E-state index contributed by atoms with van der Waals surface area (Å²) < 4.78 is 35.0. The molecule has 1 spiro atoms. The van der Waals surface area contributed by atoms with Gasteiger partial charge in [0.05, 0.1) is 47.5 Å². The van der Waals surface area contributed by atoms with Crippen molar-refractivity contribution < 1.29 is 57.5 Å². The standard InChI is InChI=1S/C51H62N4O12/c1-10-29-21-30-25-50(46(59)65-8,40-32(31-15-12-13-16-36(31)52-40)22-33(41(57)63-6)39(42(58)64-7)55(26-29)27-30)35-23-34-37(24-38(35)62-5)53(4)44-49(34)18-20-54-19-14-17-48(11-2,43(49)54)45(67-28(3)56)51(44,61)47(60)66-9/h12-17,21,23-24,30,33,39,43-45,52,61H,10-11,18-20,22,25-27H2,1-9H3/t30-,33+,39-,43-,44?,45+,48+,49+,50-,51-/m0/s1. The predicted molar refractivity (Wildman–Crippen MR) is 245 cm³/mol. The smallest absolute Gasteiger partial charge is 0.344 e. The van der Waals surface area contributed by atoms with Gasteiger partial charge in [0.15, 0.2) is 6.10 Å². The van der Waals surface area contributed by atoms with Gasteiger partial charge in [-0.15, -0.1) is 0 Å². The molecule has 67 heavy (non-hydrogen) atoms. The number of benzene rings is 2. The number of carbonyl (C=O) groups is 5. The van der Waals surface area contributed by atoms with E-state index in [-0.39, 0.29) is 24.8 Å².